The van der Waals surface area contributed by atoms with E-state index in [0.29, 0.717) is 11.1 Å². The fourth-order valence-electron chi connectivity index (χ4n) is 3.32. The van der Waals surface area contributed by atoms with Crippen LogP contribution in [0.4, 0.5) is 0 Å². The van der Waals surface area contributed by atoms with Crippen LogP contribution >= 0.6 is 23.5 Å². The van der Waals surface area contributed by atoms with Gasteiger partial charge in [-0.25, -0.2) is 0 Å². The van der Waals surface area contributed by atoms with Crippen LogP contribution in [0.5, 0.6) is 0 Å². The predicted octanol–water partition coefficient (Wildman–Crippen LogP) is 3.91. The van der Waals surface area contributed by atoms with E-state index in [1.165, 1.54) is 29.1 Å². The van der Waals surface area contributed by atoms with Crippen molar-refractivity contribution in [3.8, 4) is 0 Å². The number of benzene rings is 2. The van der Waals surface area contributed by atoms with Gasteiger partial charge < -0.3 is 10.2 Å². The molecule has 0 atom stereocenters. The van der Waals surface area contributed by atoms with Gasteiger partial charge in [-0.2, -0.15) is 0 Å². The third-order valence-corrected chi connectivity index (χ3v) is 8.22. The third kappa shape index (κ3) is 6.03. The van der Waals surface area contributed by atoms with Crippen LogP contribution in [0, 0.1) is 0 Å². The molecule has 0 radical (unpaired) electrons. The summed E-state index contributed by atoms with van der Waals surface area (Å²) in [6.45, 7) is 8.36. The van der Waals surface area contributed by atoms with Crippen LogP contribution in [0.2, 0.25) is 0 Å². The maximum atomic E-state index is 12.5. The molecule has 1 saturated heterocycles. The largest absolute Gasteiger partial charge is 0.348 e. The van der Waals surface area contributed by atoms with E-state index in [0.717, 1.165) is 30.8 Å². The summed E-state index contributed by atoms with van der Waals surface area (Å²) in [5, 5.41) is 3.04. The average molecular weight is 416 g/mol. The molecule has 0 aromatic heterocycles. The van der Waals surface area contributed by atoms with Gasteiger partial charge in [0.25, 0.3) is 5.91 Å². The molecule has 1 aliphatic heterocycles. The summed E-state index contributed by atoms with van der Waals surface area (Å²) in [5.74, 6) is 2.45. The second-order valence-electron chi connectivity index (χ2n) is 7.18. The molecule has 2 N–H and O–H groups in total. The van der Waals surface area contributed by atoms with E-state index < -0.39 is 0 Å². The molecule has 0 unspecified atom stereocenters. The molecule has 0 aliphatic carbocycles. The first-order chi connectivity index (χ1) is 13.7. The quantitative estimate of drug-likeness (QED) is 0.686. The van der Waals surface area contributed by atoms with Crippen molar-refractivity contribution in [2.75, 3.05) is 24.6 Å². The molecule has 1 heterocycles. The Morgan fingerprint density at radius 3 is 2.18 bits per heavy atom. The first-order valence-corrected chi connectivity index (χ1v) is 12.3. The molecular formula is C23H31N2OS2+. The van der Waals surface area contributed by atoms with Gasteiger partial charge in [0, 0.05) is 17.7 Å². The van der Waals surface area contributed by atoms with Gasteiger partial charge in [-0.3, -0.25) is 4.79 Å². The Morgan fingerprint density at radius 2 is 1.57 bits per heavy atom. The monoisotopic (exact) mass is 415 g/mol. The Hall–Kier alpha value is -1.43. The number of carbonyl (C=O) groups is 1. The summed E-state index contributed by atoms with van der Waals surface area (Å²) in [5.41, 5.74) is 4.54. The molecule has 150 valence electrons. The number of carbonyl (C=O) groups excluding carboxylic acids is 1. The zero-order valence-electron chi connectivity index (χ0n) is 16.9. The molecule has 28 heavy (non-hydrogen) atoms. The maximum absolute atomic E-state index is 12.5. The minimum absolute atomic E-state index is 0.00726. The third-order valence-electron chi connectivity index (χ3n) is 5.20. The van der Waals surface area contributed by atoms with E-state index in [-0.39, 0.29) is 5.91 Å². The molecule has 3 rings (SSSR count). The Kier molecular flexibility index (Phi) is 8.31. The number of hydrogen-bond donors (Lipinski definition) is 2. The number of rotatable bonds is 8. The van der Waals surface area contributed by atoms with Crippen LogP contribution in [0.25, 0.3) is 0 Å². The summed E-state index contributed by atoms with van der Waals surface area (Å²) in [6, 6.07) is 16.7. The van der Waals surface area contributed by atoms with Gasteiger partial charge in [0.15, 0.2) is 0 Å². The molecule has 1 amide bonds. The Morgan fingerprint density at radius 1 is 0.964 bits per heavy atom. The average Bonchev–Trinajstić information content (AvgIpc) is 2.77. The number of amides is 1. The molecule has 0 spiro atoms. The van der Waals surface area contributed by atoms with Crippen molar-refractivity contribution < 1.29 is 9.69 Å². The van der Waals surface area contributed by atoms with Gasteiger partial charge >= 0.3 is 0 Å². The molecule has 0 saturated carbocycles. The van der Waals surface area contributed by atoms with Crippen molar-refractivity contribution in [1.29, 1.82) is 0 Å². The fraction of sp³-hybridized carbons (Fsp3) is 0.435. The Bertz CT molecular complexity index is 736. The van der Waals surface area contributed by atoms with Gasteiger partial charge in [0.2, 0.25) is 0 Å². The van der Waals surface area contributed by atoms with Crippen molar-refractivity contribution in [2.24, 2.45) is 0 Å². The summed E-state index contributed by atoms with van der Waals surface area (Å²) in [6.07, 6.45) is 1.30. The lowest BCUT2D eigenvalue weighted by Crippen LogP contribution is -3.10. The van der Waals surface area contributed by atoms with Gasteiger partial charge in [0.05, 0.1) is 17.7 Å². The standard InChI is InChI=1S/C23H30N2OS2/c1-3-25(4-2)17-19-8-6-18(7-9-19)16-24-22(26)20-10-12-21(13-11-20)23-27-14-5-15-28-23/h6-13,23H,3-5,14-17H2,1-2H3,(H,24,26)/p+1. The van der Waals surface area contributed by atoms with Crippen molar-refractivity contribution in [2.45, 2.75) is 37.9 Å². The van der Waals surface area contributed by atoms with Gasteiger partial charge in [-0.1, -0.05) is 36.4 Å². The highest BCUT2D eigenvalue weighted by Crippen LogP contribution is 2.43. The highest BCUT2D eigenvalue weighted by molar-refractivity contribution is 8.16. The first-order valence-electron chi connectivity index (χ1n) is 10.2. The van der Waals surface area contributed by atoms with Gasteiger partial charge in [0.1, 0.15) is 6.54 Å². The SMILES string of the molecule is CC[NH+](CC)Cc1ccc(CNC(=O)c2ccc(C3SCCCS3)cc2)cc1. The first kappa shape index (κ1) is 21.3. The number of nitrogens with one attached hydrogen (secondary N) is 2. The second-order valence-corrected chi connectivity index (χ2v) is 9.91. The summed E-state index contributed by atoms with van der Waals surface area (Å²) >= 11 is 4.01. The van der Waals surface area contributed by atoms with Gasteiger partial charge in [-0.15, -0.1) is 23.5 Å². The lowest BCUT2D eigenvalue weighted by atomic mass is 10.1. The second kappa shape index (κ2) is 10.9. The number of hydrogen-bond acceptors (Lipinski definition) is 3. The van der Waals surface area contributed by atoms with E-state index in [2.05, 4.69) is 55.6 Å². The lowest BCUT2D eigenvalue weighted by molar-refractivity contribution is -0.910. The van der Waals surface area contributed by atoms with Crippen molar-refractivity contribution in [3.05, 3.63) is 70.8 Å². The maximum Gasteiger partial charge on any atom is 0.251 e. The fourth-order valence-corrected chi connectivity index (χ4v) is 6.21. The van der Waals surface area contributed by atoms with E-state index >= 15 is 0 Å². The van der Waals surface area contributed by atoms with E-state index in [1.54, 1.807) is 4.90 Å². The van der Waals surface area contributed by atoms with E-state index in [9.17, 15) is 4.79 Å². The van der Waals surface area contributed by atoms with Crippen LogP contribution in [0.3, 0.4) is 0 Å². The van der Waals surface area contributed by atoms with Crippen LogP contribution in [-0.2, 0) is 13.1 Å². The Labute approximate surface area is 177 Å². The van der Waals surface area contributed by atoms with Crippen molar-refractivity contribution >= 4 is 29.4 Å². The van der Waals surface area contributed by atoms with Gasteiger partial charge in [-0.05, 0) is 55.0 Å². The van der Waals surface area contributed by atoms with Crippen LogP contribution in [-0.4, -0.2) is 30.5 Å². The molecule has 3 nitrogen and oxygen atoms in total. The summed E-state index contributed by atoms with van der Waals surface area (Å²) in [7, 11) is 0. The highest BCUT2D eigenvalue weighted by Gasteiger charge is 2.17. The van der Waals surface area contributed by atoms with Crippen LogP contribution in [0.15, 0.2) is 48.5 Å². The van der Waals surface area contributed by atoms with Crippen LogP contribution in [0.1, 0.15) is 51.9 Å². The van der Waals surface area contributed by atoms with Crippen LogP contribution < -0.4 is 10.2 Å². The molecule has 1 fully saturated rings. The minimum Gasteiger partial charge on any atom is -0.348 e. The molecular weight excluding hydrogens is 384 g/mol. The number of quaternary nitrogens is 1. The summed E-state index contributed by atoms with van der Waals surface area (Å²) in [4.78, 5) is 14.0. The topological polar surface area (TPSA) is 33.5 Å². The van der Waals surface area contributed by atoms with E-state index in [1.807, 2.05) is 35.7 Å². The smallest absolute Gasteiger partial charge is 0.251 e. The minimum atomic E-state index is -0.00726. The molecule has 0 bridgehead atoms. The molecule has 5 heteroatoms. The lowest BCUT2D eigenvalue weighted by Gasteiger charge is -2.21. The highest BCUT2D eigenvalue weighted by atomic mass is 32.2. The van der Waals surface area contributed by atoms with E-state index in [4.69, 9.17) is 0 Å². The van der Waals surface area contributed by atoms with Crippen molar-refractivity contribution in [3.63, 3.8) is 0 Å². The Balaban J connectivity index is 1.50. The molecule has 2 aromatic carbocycles. The molecule has 1 aliphatic rings. The normalized spacial score (nSPS) is 15.0. The predicted molar refractivity (Wildman–Crippen MR) is 122 cm³/mol. The number of thioether (sulfide) groups is 2. The van der Waals surface area contributed by atoms with Crippen molar-refractivity contribution in [1.82, 2.24) is 5.32 Å². The molecule has 2 aromatic rings. The zero-order valence-corrected chi connectivity index (χ0v) is 18.5. The zero-order chi connectivity index (χ0) is 19.8. The summed E-state index contributed by atoms with van der Waals surface area (Å²) < 4.78 is 0.516.